The molecule has 1 atom stereocenters. The highest BCUT2D eigenvalue weighted by molar-refractivity contribution is 7.91. The number of anilines is 2. The fourth-order valence-electron chi connectivity index (χ4n) is 4.42. The van der Waals surface area contributed by atoms with Crippen LogP contribution >= 0.6 is 0 Å². The summed E-state index contributed by atoms with van der Waals surface area (Å²) in [6.45, 7) is 8.81. The molecule has 0 bridgehead atoms. The Bertz CT molecular complexity index is 1410. The average Bonchev–Trinajstić information content (AvgIpc) is 2.87. The molecule has 9 nitrogen and oxygen atoms in total. The lowest BCUT2D eigenvalue weighted by Gasteiger charge is -2.29. The summed E-state index contributed by atoms with van der Waals surface area (Å²) >= 11 is 0. The van der Waals surface area contributed by atoms with Crippen molar-refractivity contribution < 1.29 is 17.6 Å². The van der Waals surface area contributed by atoms with Gasteiger partial charge in [0, 0.05) is 23.6 Å². The minimum atomic E-state index is -3.32. The van der Waals surface area contributed by atoms with Gasteiger partial charge in [-0.1, -0.05) is 12.1 Å². The van der Waals surface area contributed by atoms with Crippen LogP contribution in [0.25, 0.3) is 0 Å². The number of hydrogen-bond donors (Lipinski definition) is 4. The van der Waals surface area contributed by atoms with Gasteiger partial charge in [-0.15, -0.1) is 0 Å². The molecule has 2 aliphatic heterocycles. The van der Waals surface area contributed by atoms with Crippen molar-refractivity contribution >= 4 is 33.1 Å². The van der Waals surface area contributed by atoms with E-state index in [9.17, 15) is 17.6 Å². The molecule has 11 heteroatoms. The number of aliphatic imine (C=N–C) groups is 1. The predicted molar refractivity (Wildman–Crippen MR) is 159 cm³/mol. The molecule has 1 saturated heterocycles. The molecule has 0 radical (unpaired) electrons. The van der Waals surface area contributed by atoms with E-state index in [1.807, 2.05) is 32.2 Å². The van der Waals surface area contributed by atoms with E-state index in [1.165, 1.54) is 12.1 Å². The van der Waals surface area contributed by atoms with Crippen molar-refractivity contribution in [3.63, 3.8) is 0 Å². The lowest BCUT2D eigenvalue weighted by molar-refractivity contribution is 0.0913. The first-order valence-corrected chi connectivity index (χ1v) is 15.1. The Labute approximate surface area is 236 Å². The summed E-state index contributed by atoms with van der Waals surface area (Å²) in [5, 5.41) is 12.4. The Morgan fingerprint density at radius 3 is 2.52 bits per heavy atom. The summed E-state index contributed by atoms with van der Waals surface area (Å²) in [5.74, 6) is -0.680. The van der Waals surface area contributed by atoms with Gasteiger partial charge in [-0.25, -0.2) is 17.8 Å². The lowest BCUT2D eigenvalue weighted by Crippen LogP contribution is -2.43. The third-order valence-corrected chi connectivity index (χ3v) is 9.76. The average molecular weight is 571 g/mol. The molecule has 0 spiro atoms. The molecule has 216 valence electrons. The van der Waals surface area contributed by atoms with E-state index in [1.54, 1.807) is 39.1 Å². The number of carbonyl (C=O) groups is 1. The second-order valence-corrected chi connectivity index (χ2v) is 14.2. The highest BCUT2D eigenvalue weighted by Crippen LogP contribution is 2.24. The van der Waals surface area contributed by atoms with E-state index in [0.717, 1.165) is 37.2 Å². The number of piperidine rings is 1. The van der Waals surface area contributed by atoms with Crippen LogP contribution in [-0.2, 0) is 15.6 Å². The maximum Gasteiger partial charge on any atom is 0.254 e. The molecule has 2 aromatic carbocycles. The molecular weight excluding hydrogens is 531 g/mol. The van der Waals surface area contributed by atoms with Crippen LogP contribution in [0.5, 0.6) is 0 Å². The van der Waals surface area contributed by atoms with Gasteiger partial charge >= 0.3 is 0 Å². The summed E-state index contributed by atoms with van der Waals surface area (Å²) in [6.07, 6.45) is 3.05. The Kier molecular flexibility index (Phi) is 8.84. The highest BCUT2D eigenvalue weighted by Gasteiger charge is 2.29. The predicted octanol–water partition coefficient (Wildman–Crippen LogP) is 4.08. The monoisotopic (exact) mass is 570 g/mol. The first-order chi connectivity index (χ1) is 18.8. The number of likely N-dealkylation sites (tertiary alicyclic amines) is 1. The second kappa shape index (κ2) is 12.0. The zero-order chi connectivity index (χ0) is 29.1. The van der Waals surface area contributed by atoms with Gasteiger partial charge < -0.3 is 26.2 Å². The van der Waals surface area contributed by atoms with Gasteiger partial charge in [0.15, 0.2) is 9.84 Å². The van der Waals surface area contributed by atoms with Gasteiger partial charge in [0.05, 0.1) is 16.1 Å². The van der Waals surface area contributed by atoms with Gasteiger partial charge in [-0.2, -0.15) is 0 Å². The van der Waals surface area contributed by atoms with Crippen molar-refractivity contribution in [1.29, 1.82) is 0 Å². The zero-order valence-corrected chi connectivity index (χ0v) is 24.5. The fourth-order valence-corrected chi connectivity index (χ4v) is 5.47. The Morgan fingerprint density at radius 2 is 1.85 bits per heavy atom. The number of sulfone groups is 1. The Hall–Kier alpha value is -3.44. The lowest BCUT2D eigenvalue weighted by atomic mass is 10.0. The van der Waals surface area contributed by atoms with Crippen molar-refractivity contribution in [1.82, 2.24) is 15.5 Å². The molecule has 4 rings (SSSR count). The SMILES string of the molecule is CC1=CNC(Nc2ccc(C(=O)NC3CCN(C)CC3)c(F)c2)=NC1Nc1cccc(CS(=O)(=O)C(C)(C)C)c1. The topological polar surface area (TPSA) is 115 Å². The van der Waals surface area contributed by atoms with Gasteiger partial charge in [-0.05, 0) is 102 Å². The highest BCUT2D eigenvalue weighted by atomic mass is 32.2. The molecule has 1 amide bonds. The van der Waals surface area contributed by atoms with Gasteiger partial charge in [0.1, 0.15) is 12.0 Å². The van der Waals surface area contributed by atoms with Crippen LogP contribution in [0.4, 0.5) is 15.8 Å². The number of rotatable bonds is 7. The van der Waals surface area contributed by atoms with Gasteiger partial charge in [0.25, 0.3) is 5.91 Å². The van der Waals surface area contributed by atoms with E-state index >= 15 is 0 Å². The Morgan fingerprint density at radius 1 is 1.12 bits per heavy atom. The minimum Gasteiger partial charge on any atom is -0.360 e. The number of guanidine groups is 1. The van der Waals surface area contributed by atoms with Crippen LogP contribution in [0.1, 0.15) is 56.5 Å². The summed E-state index contributed by atoms with van der Waals surface area (Å²) in [4.78, 5) is 19.5. The summed E-state index contributed by atoms with van der Waals surface area (Å²) in [6, 6.07) is 11.7. The molecule has 0 saturated carbocycles. The van der Waals surface area contributed by atoms with E-state index in [-0.39, 0.29) is 17.4 Å². The summed E-state index contributed by atoms with van der Waals surface area (Å²) < 4.78 is 39.4. The third-order valence-electron chi connectivity index (χ3n) is 7.18. The molecule has 2 aliphatic rings. The number of hydrogen-bond acceptors (Lipinski definition) is 8. The maximum absolute atomic E-state index is 14.9. The molecule has 2 heterocycles. The largest absolute Gasteiger partial charge is 0.360 e. The summed E-state index contributed by atoms with van der Waals surface area (Å²) in [7, 11) is -1.27. The normalized spacial score (nSPS) is 18.8. The number of amides is 1. The molecule has 40 heavy (non-hydrogen) atoms. The molecule has 1 unspecified atom stereocenters. The van der Waals surface area contributed by atoms with Crippen LogP contribution in [0, 0.1) is 5.82 Å². The molecule has 0 aromatic heterocycles. The number of nitrogens with one attached hydrogen (secondary N) is 4. The molecular formula is C29H39FN6O3S. The van der Waals surface area contributed by atoms with Crippen LogP contribution in [0.2, 0.25) is 0 Å². The van der Waals surface area contributed by atoms with Gasteiger partial charge in [0.2, 0.25) is 5.96 Å². The van der Waals surface area contributed by atoms with Crippen molar-refractivity contribution in [2.75, 3.05) is 30.8 Å². The standard InChI is InChI=1S/C29H39FN6O3S/c1-19-17-31-28(35-26(19)32-22-8-6-7-20(15-22)18-40(38,39)29(2,3)4)34-23-9-10-24(25(30)16-23)27(37)33-21-11-13-36(5)14-12-21/h6-10,15-17,21,26,32H,11-14,18H2,1-5H3,(H,33,37)(H2,31,34,35). The van der Waals surface area contributed by atoms with Crippen LogP contribution in [0.15, 0.2) is 59.2 Å². The fraction of sp³-hybridized carbons (Fsp3) is 0.448. The van der Waals surface area contributed by atoms with Crippen LogP contribution < -0.4 is 21.3 Å². The van der Waals surface area contributed by atoms with E-state index in [2.05, 4.69) is 31.2 Å². The van der Waals surface area contributed by atoms with Gasteiger partial charge in [-0.3, -0.25) is 4.79 Å². The van der Waals surface area contributed by atoms with Crippen LogP contribution in [-0.4, -0.2) is 62.3 Å². The number of carbonyl (C=O) groups excluding carboxylic acids is 1. The number of benzene rings is 2. The van der Waals surface area contributed by atoms with Crippen LogP contribution in [0.3, 0.4) is 0 Å². The third kappa shape index (κ3) is 7.39. The second-order valence-electron chi connectivity index (χ2n) is 11.5. The van der Waals surface area contributed by atoms with Crippen molar-refractivity contribution in [3.05, 3.63) is 71.2 Å². The number of nitrogens with zero attached hydrogens (tertiary/aromatic N) is 2. The molecule has 2 aromatic rings. The molecule has 0 aliphatic carbocycles. The minimum absolute atomic E-state index is 0.00617. The first-order valence-electron chi connectivity index (χ1n) is 13.5. The van der Waals surface area contributed by atoms with Crippen molar-refractivity contribution in [3.8, 4) is 0 Å². The van der Waals surface area contributed by atoms with Crippen molar-refractivity contribution in [2.45, 2.75) is 63.2 Å². The first kappa shape index (κ1) is 29.5. The summed E-state index contributed by atoms with van der Waals surface area (Å²) in [5.41, 5.74) is 2.78. The smallest absolute Gasteiger partial charge is 0.254 e. The molecule has 4 N–H and O–H groups in total. The van der Waals surface area contributed by atoms with Crippen molar-refractivity contribution in [2.24, 2.45) is 4.99 Å². The Balaban J connectivity index is 1.41. The van der Waals surface area contributed by atoms with E-state index in [4.69, 9.17) is 0 Å². The zero-order valence-electron chi connectivity index (χ0n) is 23.7. The quantitative estimate of drug-likeness (QED) is 0.397. The van der Waals surface area contributed by atoms with E-state index in [0.29, 0.717) is 17.2 Å². The number of halogens is 1. The molecule has 1 fully saturated rings. The van der Waals surface area contributed by atoms with E-state index < -0.39 is 32.5 Å². The maximum atomic E-state index is 14.9.